The molecule has 0 spiro atoms. The Labute approximate surface area is 152 Å². The SMILES string of the molecule is CC(C)(C)CC(C)(C(=O)OC1CC2OC(=O)C3CC2CC13)C(C)(C)C. The lowest BCUT2D eigenvalue weighted by molar-refractivity contribution is -0.176. The van der Waals surface area contributed by atoms with Crippen LogP contribution in [-0.2, 0) is 19.1 Å². The molecule has 3 aliphatic rings. The van der Waals surface area contributed by atoms with Crippen LogP contribution in [0.4, 0.5) is 0 Å². The third-order valence-electron chi connectivity index (χ3n) is 6.93. The summed E-state index contributed by atoms with van der Waals surface area (Å²) in [7, 11) is 0. The number of esters is 2. The van der Waals surface area contributed by atoms with Crippen LogP contribution in [0.2, 0.25) is 0 Å². The number of fused-ring (bicyclic) bond motifs is 3. The molecule has 25 heavy (non-hydrogen) atoms. The summed E-state index contributed by atoms with van der Waals surface area (Å²) in [5.41, 5.74) is -0.732. The lowest BCUT2D eigenvalue weighted by atomic mass is 9.61. The Morgan fingerprint density at radius 3 is 2.28 bits per heavy atom. The highest BCUT2D eigenvalue weighted by molar-refractivity contribution is 5.78. The first-order chi connectivity index (χ1) is 11.3. The molecule has 3 fully saturated rings. The van der Waals surface area contributed by atoms with Crippen LogP contribution < -0.4 is 0 Å². The van der Waals surface area contributed by atoms with Crippen molar-refractivity contribution in [1.82, 2.24) is 0 Å². The van der Waals surface area contributed by atoms with Crippen molar-refractivity contribution in [2.75, 3.05) is 0 Å². The molecule has 0 N–H and O–H groups in total. The molecule has 0 aromatic rings. The van der Waals surface area contributed by atoms with Gasteiger partial charge in [-0.1, -0.05) is 41.5 Å². The minimum absolute atomic E-state index is 0.0319. The zero-order chi connectivity index (χ0) is 18.8. The average molecular weight is 350 g/mol. The van der Waals surface area contributed by atoms with Gasteiger partial charge in [0.2, 0.25) is 0 Å². The second-order valence-electron chi connectivity index (χ2n) is 11.0. The lowest BCUT2D eigenvalue weighted by Crippen LogP contribution is -2.47. The van der Waals surface area contributed by atoms with Crippen molar-refractivity contribution in [3.8, 4) is 0 Å². The second kappa shape index (κ2) is 5.72. The number of rotatable bonds is 3. The van der Waals surface area contributed by atoms with Crippen LogP contribution in [0.1, 0.15) is 74.1 Å². The predicted molar refractivity (Wildman–Crippen MR) is 95.7 cm³/mol. The number of hydrogen-bond donors (Lipinski definition) is 0. The van der Waals surface area contributed by atoms with Crippen molar-refractivity contribution < 1.29 is 19.1 Å². The Kier molecular flexibility index (Phi) is 4.28. The van der Waals surface area contributed by atoms with E-state index in [1.165, 1.54) is 0 Å². The third kappa shape index (κ3) is 3.21. The Balaban J connectivity index is 1.79. The van der Waals surface area contributed by atoms with Crippen LogP contribution in [0.3, 0.4) is 0 Å². The number of ether oxygens (including phenoxy) is 2. The van der Waals surface area contributed by atoms with Crippen molar-refractivity contribution in [2.24, 2.45) is 34.0 Å². The summed E-state index contributed by atoms with van der Waals surface area (Å²) < 4.78 is 11.7. The highest BCUT2D eigenvalue weighted by Crippen LogP contribution is 2.54. The second-order valence-corrected chi connectivity index (χ2v) is 11.0. The Morgan fingerprint density at radius 1 is 1.08 bits per heavy atom. The molecule has 6 atom stereocenters. The van der Waals surface area contributed by atoms with Crippen molar-refractivity contribution in [2.45, 2.75) is 86.4 Å². The van der Waals surface area contributed by atoms with Crippen LogP contribution in [-0.4, -0.2) is 24.1 Å². The van der Waals surface area contributed by atoms with E-state index >= 15 is 0 Å². The maximum absolute atomic E-state index is 13.3. The van der Waals surface area contributed by atoms with E-state index in [1.54, 1.807) is 0 Å². The molecule has 0 aromatic carbocycles. The van der Waals surface area contributed by atoms with E-state index in [0.717, 1.165) is 19.3 Å². The molecule has 4 heteroatoms. The number of carbonyl (C=O) groups is 2. The molecule has 2 aliphatic carbocycles. The van der Waals surface area contributed by atoms with Crippen LogP contribution in [0, 0.1) is 34.0 Å². The summed E-state index contributed by atoms with van der Waals surface area (Å²) in [4.78, 5) is 25.4. The highest BCUT2D eigenvalue weighted by atomic mass is 16.6. The molecular formula is C21H34O4. The molecule has 4 nitrogen and oxygen atoms in total. The molecule has 0 amide bonds. The summed E-state index contributed by atoms with van der Waals surface area (Å²) in [6.45, 7) is 14.9. The van der Waals surface area contributed by atoms with Crippen molar-refractivity contribution in [1.29, 1.82) is 0 Å². The van der Waals surface area contributed by atoms with Gasteiger partial charge in [-0.3, -0.25) is 9.59 Å². The summed E-state index contributed by atoms with van der Waals surface area (Å²) in [5.74, 6) is 0.378. The molecule has 0 radical (unpaired) electrons. The van der Waals surface area contributed by atoms with Gasteiger partial charge in [-0.15, -0.1) is 0 Å². The lowest BCUT2D eigenvalue weighted by Gasteiger charge is -2.44. The maximum atomic E-state index is 13.3. The van der Waals surface area contributed by atoms with Crippen LogP contribution in [0.25, 0.3) is 0 Å². The molecule has 2 saturated carbocycles. The summed E-state index contributed by atoms with van der Waals surface area (Å²) in [6, 6.07) is 0. The Bertz CT molecular complexity index is 567. The van der Waals surface area contributed by atoms with E-state index in [2.05, 4.69) is 41.5 Å². The van der Waals surface area contributed by atoms with Crippen molar-refractivity contribution in [3.63, 3.8) is 0 Å². The van der Waals surface area contributed by atoms with E-state index in [0.29, 0.717) is 12.3 Å². The molecule has 1 saturated heterocycles. The first kappa shape index (κ1) is 18.7. The van der Waals surface area contributed by atoms with E-state index in [1.807, 2.05) is 6.92 Å². The minimum atomic E-state index is -0.565. The van der Waals surface area contributed by atoms with Crippen molar-refractivity contribution in [3.05, 3.63) is 0 Å². The first-order valence-electron chi connectivity index (χ1n) is 9.73. The fraction of sp³-hybridized carbons (Fsp3) is 0.905. The van der Waals surface area contributed by atoms with Gasteiger partial charge in [0.25, 0.3) is 0 Å². The van der Waals surface area contributed by atoms with Gasteiger partial charge in [-0.05, 0) is 42.9 Å². The van der Waals surface area contributed by atoms with Gasteiger partial charge in [0.15, 0.2) is 0 Å². The van der Waals surface area contributed by atoms with Crippen LogP contribution in [0.5, 0.6) is 0 Å². The standard InChI is InChI=1S/C21H34O4/c1-19(2,3)11-21(7,20(4,5)6)18(23)25-16-10-15-12-8-13(16)14(9-12)17(22)24-15/h12-16H,8-11H2,1-7H3. The van der Waals surface area contributed by atoms with Gasteiger partial charge in [-0.2, -0.15) is 0 Å². The molecule has 1 aliphatic heterocycles. The number of hydrogen-bond acceptors (Lipinski definition) is 4. The van der Waals surface area contributed by atoms with Gasteiger partial charge in [0.1, 0.15) is 12.2 Å². The largest absolute Gasteiger partial charge is 0.462 e. The molecule has 3 rings (SSSR count). The van der Waals surface area contributed by atoms with Crippen LogP contribution in [0.15, 0.2) is 0 Å². The zero-order valence-corrected chi connectivity index (χ0v) is 16.8. The van der Waals surface area contributed by atoms with E-state index in [4.69, 9.17) is 9.47 Å². The number of carbonyl (C=O) groups excluding carboxylic acids is 2. The molecule has 1 heterocycles. The van der Waals surface area contributed by atoms with E-state index in [9.17, 15) is 9.59 Å². The topological polar surface area (TPSA) is 52.6 Å². The molecule has 0 aromatic heterocycles. The quantitative estimate of drug-likeness (QED) is 0.710. The van der Waals surface area contributed by atoms with Gasteiger partial charge in [0.05, 0.1) is 11.3 Å². The maximum Gasteiger partial charge on any atom is 0.312 e. The smallest absolute Gasteiger partial charge is 0.312 e. The summed E-state index contributed by atoms with van der Waals surface area (Å²) in [5, 5.41) is 0. The van der Waals surface area contributed by atoms with E-state index < -0.39 is 5.41 Å². The molecule has 6 unspecified atom stereocenters. The Hall–Kier alpha value is -1.06. The van der Waals surface area contributed by atoms with Crippen LogP contribution >= 0.6 is 0 Å². The third-order valence-corrected chi connectivity index (χ3v) is 6.93. The van der Waals surface area contributed by atoms with Gasteiger partial charge >= 0.3 is 11.9 Å². The van der Waals surface area contributed by atoms with E-state index in [-0.39, 0.29) is 46.8 Å². The Morgan fingerprint density at radius 2 is 1.72 bits per heavy atom. The minimum Gasteiger partial charge on any atom is -0.462 e. The van der Waals surface area contributed by atoms with Gasteiger partial charge in [-0.25, -0.2) is 0 Å². The normalized spacial score (nSPS) is 36.8. The average Bonchev–Trinajstić information content (AvgIpc) is 2.71. The molecular weight excluding hydrogens is 316 g/mol. The molecule has 3 bridgehead atoms. The monoisotopic (exact) mass is 350 g/mol. The summed E-state index contributed by atoms with van der Waals surface area (Å²) in [6.07, 6.45) is 3.10. The predicted octanol–water partition coefficient (Wildman–Crippen LogP) is 4.36. The van der Waals surface area contributed by atoms with Gasteiger partial charge in [0, 0.05) is 12.3 Å². The summed E-state index contributed by atoms with van der Waals surface area (Å²) >= 11 is 0. The van der Waals surface area contributed by atoms with Crippen molar-refractivity contribution >= 4 is 11.9 Å². The first-order valence-corrected chi connectivity index (χ1v) is 9.73. The fourth-order valence-electron chi connectivity index (χ4n) is 5.18. The highest BCUT2D eigenvalue weighted by Gasteiger charge is 2.58. The zero-order valence-electron chi connectivity index (χ0n) is 16.8. The fourth-order valence-corrected chi connectivity index (χ4v) is 5.18. The van der Waals surface area contributed by atoms with Gasteiger partial charge < -0.3 is 9.47 Å². The molecule has 142 valence electrons.